The number of ether oxygens (including phenoxy) is 1. The molecule has 3 rings (SSSR count). The van der Waals surface area contributed by atoms with Crippen molar-refractivity contribution in [2.75, 3.05) is 26.2 Å². The van der Waals surface area contributed by atoms with E-state index in [1.807, 2.05) is 12.1 Å². The van der Waals surface area contributed by atoms with E-state index in [4.69, 9.17) is 33.0 Å². The van der Waals surface area contributed by atoms with Crippen molar-refractivity contribution in [2.24, 2.45) is 0 Å². The third-order valence-corrected chi connectivity index (χ3v) is 5.16. The highest BCUT2D eigenvalue weighted by atomic mass is 35.5. The van der Waals surface area contributed by atoms with E-state index in [9.17, 15) is 9.59 Å². The van der Waals surface area contributed by atoms with E-state index in [2.05, 4.69) is 4.90 Å². The van der Waals surface area contributed by atoms with E-state index in [1.165, 1.54) is 0 Å². The fourth-order valence-electron chi connectivity index (χ4n) is 3.07. The van der Waals surface area contributed by atoms with Crippen LogP contribution in [0.5, 0.6) is 0 Å². The molecule has 1 fully saturated rings. The average Bonchev–Trinajstić information content (AvgIpc) is 2.66. The van der Waals surface area contributed by atoms with Gasteiger partial charge in [0.15, 0.2) is 5.78 Å². The molecule has 1 aliphatic heterocycles. The summed E-state index contributed by atoms with van der Waals surface area (Å²) in [5, 5.41) is 9.48. The molecule has 1 unspecified atom stereocenters. The Hall–Kier alpha value is -1.92. The summed E-state index contributed by atoms with van der Waals surface area (Å²) in [4.78, 5) is 25.5. The van der Waals surface area contributed by atoms with Gasteiger partial charge in [-0.1, -0.05) is 53.5 Å². The Morgan fingerprint density at radius 2 is 1.78 bits per heavy atom. The summed E-state index contributed by atoms with van der Waals surface area (Å²) in [5.41, 5.74) is 1.73. The molecule has 1 N–H and O–H groups in total. The van der Waals surface area contributed by atoms with Gasteiger partial charge in [-0.3, -0.25) is 14.5 Å². The molecule has 0 radical (unpaired) electrons. The van der Waals surface area contributed by atoms with Crippen LogP contribution in [0.1, 0.15) is 34.0 Å². The Labute approximate surface area is 167 Å². The van der Waals surface area contributed by atoms with E-state index in [1.54, 1.807) is 30.3 Å². The summed E-state index contributed by atoms with van der Waals surface area (Å²) in [6, 6.07) is 12.1. The normalized spacial score (nSPS) is 17.6. The van der Waals surface area contributed by atoms with Crippen LogP contribution in [0.4, 0.5) is 0 Å². The number of halogens is 2. The largest absolute Gasteiger partial charge is 0.481 e. The third-order valence-electron chi connectivity index (χ3n) is 4.53. The van der Waals surface area contributed by atoms with Gasteiger partial charge in [0.2, 0.25) is 0 Å². The average molecular weight is 408 g/mol. The Balaban J connectivity index is 1.71. The van der Waals surface area contributed by atoms with Crippen LogP contribution in [0.2, 0.25) is 10.0 Å². The second kappa shape index (κ2) is 8.85. The van der Waals surface area contributed by atoms with E-state index < -0.39 is 5.97 Å². The number of carboxylic acid groups (broad SMARTS) is 1. The van der Waals surface area contributed by atoms with Gasteiger partial charge in [0.25, 0.3) is 0 Å². The van der Waals surface area contributed by atoms with Crippen molar-refractivity contribution in [1.82, 2.24) is 4.90 Å². The number of nitrogens with zero attached hydrogens (tertiary/aromatic N) is 1. The number of carbonyl (C=O) groups excluding carboxylic acids is 1. The van der Waals surface area contributed by atoms with E-state index in [-0.39, 0.29) is 18.3 Å². The maximum Gasteiger partial charge on any atom is 0.304 e. The molecule has 0 bridgehead atoms. The maximum atomic E-state index is 12.7. The fraction of sp³-hybridized carbons (Fsp3) is 0.300. The highest BCUT2D eigenvalue weighted by Crippen LogP contribution is 2.28. The predicted molar refractivity (Wildman–Crippen MR) is 104 cm³/mol. The first-order chi connectivity index (χ1) is 13.0. The zero-order valence-corrected chi connectivity index (χ0v) is 16.0. The molecule has 0 spiro atoms. The number of benzene rings is 2. The zero-order valence-electron chi connectivity index (χ0n) is 14.5. The zero-order chi connectivity index (χ0) is 19.4. The molecule has 2 aromatic rings. The van der Waals surface area contributed by atoms with Gasteiger partial charge in [0, 0.05) is 25.2 Å². The Morgan fingerprint density at radius 1 is 1.11 bits per heavy atom. The second-order valence-corrected chi connectivity index (χ2v) is 7.17. The van der Waals surface area contributed by atoms with Crippen molar-refractivity contribution in [3.8, 4) is 0 Å². The number of aliphatic carboxylic acids is 1. The predicted octanol–water partition coefficient (Wildman–Crippen LogP) is 4.07. The monoisotopic (exact) mass is 407 g/mol. The molecular weight excluding hydrogens is 389 g/mol. The van der Waals surface area contributed by atoms with Crippen molar-refractivity contribution in [2.45, 2.75) is 12.5 Å². The van der Waals surface area contributed by atoms with Crippen molar-refractivity contribution in [3.63, 3.8) is 0 Å². The topological polar surface area (TPSA) is 66.8 Å². The molecule has 2 aromatic carbocycles. The van der Waals surface area contributed by atoms with Crippen LogP contribution < -0.4 is 0 Å². The number of ketones is 1. The number of carbonyl (C=O) groups is 2. The van der Waals surface area contributed by atoms with Crippen molar-refractivity contribution < 1.29 is 19.4 Å². The number of rotatable bonds is 6. The van der Waals surface area contributed by atoms with Crippen molar-refractivity contribution >= 4 is 35.0 Å². The molecule has 27 heavy (non-hydrogen) atoms. The van der Waals surface area contributed by atoms with Gasteiger partial charge in [-0.25, -0.2) is 0 Å². The molecule has 1 saturated heterocycles. The number of hydrogen-bond acceptors (Lipinski definition) is 4. The lowest BCUT2D eigenvalue weighted by atomic mass is 10.00. The van der Waals surface area contributed by atoms with Crippen LogP contribution in [0.3, 0.4) is 0 Å². The highest BCUT2D eigenvalue weighted by molar-refractivity contribution is 6.41. The number of carboxylic acids is 1. The van der Waals surface area contributed by atoms with Gasteiger partial charge >= 0.3 is 5.97 Å². The lowest BCUT2D eigenvalue weighted by molar-refractivity contribution is -0.137. The molecular formula is C20H19Cl2NO4. The first kappa shape index (κ1) is 19.8. The van der Waals surface area contributed by atoms with E-state index >= 15 is 0 Å². The standard InChI is InChI=1S/C20H19Cl2NO4/c21-15-2-1-3-16(22)19(15)20(26)14-6-4-13(5-7-14)17-12-23(10-11-27-17)9-8-18(24)25/h1-7,17H,8-12H2,(H,24,25). The van der Waals surface area contributed by atoms with E-state index in [0.29, 0.717) is 47.4 Å². The lowest BCUT2D eigenvalue weighted by Crippen LogP contribution is -2.39. The molecule has 0 saturated carbocycles. The van der Waals surface area contributed by atoms with Crippen molar-refractivity contribution in [1.29, 1.82) is 0 Å². The fourth-order valence-corrected chi connectivity index (χ4v) is 3.64. The summed E-state index contributed by atoms with van der Waals surface area (Å²) < 4.78 is 5.81. The molecule has 5 nitrogen and oxygen atoms in total. The Kier molecular flexibility index (Phi) is 6.50. The smallest absolute Gasteiger partial charge is 0.304 e. The first-order valence-corrected chi connectivity index (χ1v) is 9.35. The van der Waals surface area contributed by atoms with E-state index in [0.717, 1.165) is 5.56 Å². The van der Waals surface area contributed by atoms with Crippen LogP contribution in [0, 0.1) is 0 Å². The van der Waals surface area contributed by atoms with Gasteiger partial charge in [0.05, 0.1) is 34.7 Å². The molecule has 1 heterocycles. The summed E-state index contributed by atoms with van der Waals surface area (Å²) in [7, 11) is 0. The quantitative estimate of drug-likeness (QED) is 0.730. The van der Waals surface area contributed by atoms with Gasteiger partial charge in [-0.05, 0) is 17.7 Å². The summed E-state index contributed by atoms with van der Waals surface area (Å²) in [6.45, 7) is 2.37. The lowest BCUT2D eigenvalue weighted by Gasteiger charge is -2.32. The van der Waals surface area contributed by atoms with Gasteiger partial charge in [-0.2, -0.15) is 0 Å². The second-order valence-electron chi connectivity index (χ2n) is 6.35. The van der Waals surface area contributed by atoms with Crippen LogP contribution in [0.15, 0.2) is 42.5 Å². The van der Waals surface area contributed by atoms with Crippen LogP contribution >= 0.6 is 23.2 Å². The summed E-state index contributed by atoms with van der Waals surface area (Å²) in [5.74, 6) is -1.04. The summed E-state index contributed by atoms with van der Waals surface area (Å²) in [6.07, 6.45) is -0.0423. The van der Waals surface area contributed by atoms with Gasteiger partial charge in [-0.15, -0.1) is 0 Å². The van der Waals surface area contributed by atoms with Crippen LogP contribution in [-0.2, 0) is 9.53 Å². The SMILES string of the molecule is O=C(O)CCN1CCOC(c2ccc(C(=O)c3c(Cl)cccc3Cl)cc2)C1. The minimum absolute atomic E-state index is 0.110. The molecule has 0 aliphatic carbocycles. The number of morpholine rings is 1. The molecule has 7 heteroatoms. The van der Waals surface area contributed by atoms with Crippen molar-refractivity contribution in [3.05, 3.63) is 69.2 Å². The molecule has 0 amide bonds. The molecule has 1 atom stereocenters. The minimum Gasteiger partial charge on any atom is -0.481 e. The third kappa shape index (κ3) is 4.87. The maximum absolute atomic E-state index is 12.7. The van der Waals surface area contributed by atoms with Crippen LogP contribution in [0.25, 0.3) is 0 Å². The Bertz CT molecular complexity index is 818. The van der Waals surface area contributed by atoms with Gasteiger partial charge in [0.1, 0.15) is 0 Å². The number of hydrogen-bond donors (Lipinski definition) is 1. The van der Waals surface area contributed by atoms with Crippen LogP contribution in [-0.4, -0.2) is 48.0 Å². The highest BCUT2D eigenvalue weighted by Gasteiger charge is 2.23. The summed E-state index contributed by atoms with van der Waals surface area (Å²) >= 11 is 12.2. The van der Waals surface area contributed by atoms with Gasteiger partial charge < -0.3 is 9.84 Å². The molecule has 0 aromatic heterocycles. The first-order valence-electron chi connectivity index (χ1n) is 8.60. The molecule has 1 aliphatic rings. The molecule has 142 valence electrons. The Morgan fingerprint density at radius 3 is 2.41 bits per heavy atom. The minimum atomic E-state index is -0.806.